The summed E-state index contributed by atoms with van der Waals surface area (Å²) in [5.74, 6) is 0.730. The van der Waals surface area contributed by atoms with Crippen LogP contribution in [0, 0.1) is 0 Å². The van der Waals surface area contributed by atoms with Crippen LogP contribution in [-0.4, -0.2) is 11.7 Å². The van der Waals surface area contributed by atoms with Crippen molar-refractivity contribution in [2.45, 2.75) is 13.8 Å². The summed E-state index contributed by atoms with van der Waals surface area (Å²) in [5.41, 5.74) is 1.03. The van der Waals surface area contributed by atoms with Gasteiger partial charge in [-0.3, -0.25) is 0 Å². The molecule has 2 nitrogen and oxygen atoms in total. The molecule has 0 heterocycles. The fourth-order valence-corrected chi connectivity index (χ4v) is 1.10. The van der Waals surface area contributed by atoms with Crippen LogP contribution in [0.25, 0.3) is 6.08 Å². The van der Waals surface area contributed by atoms with E-state index in [-0.39, 0.29) is 5.75 Å². The van der Waals surface area contributed by atoms with E-state index in [1.165, 1.54) is 0 Å². The zero-order valence-electron chi connectivity index (χ0n) is 7.95. The lowest BCUT2D eigenvalue weighted by Crippen LogP contribution is -1.91. The SMILES string of the molecule is C/C=C/c1ccc(O)c(OCC)c1. The molecule has 0 aliphatic carbocycles. The standard InChI is InChI=1S/C11H14O2/c1-3-5-9-6-7-10(12)11(8-9)13-4-2/h3,5-8,12H,4H2,1-2H3/b5-3+. The predicted octanol–water partition coefficient (Wildman–Crippen LogP) is 2.82. The maximum atomic E-state index is 9.39. The van der Waals surface area contributed by atoms with Gasteiger partial charge in [-0.25, -0.2) is 0 Å². The first-order valence-electron chi connectivity index (χ1n) is 4.36. The van der Waals surface area contributed by atoms with Gasteiger partial charge in [0.05, 0.1) is 6.61 Å². The molecule has 0 unspecified atom stereocenters. The van der Waals surface area contributed by atoms with Crippen molar-refractivity contribution in [3.05, 3.63) is 29.8 Å². The second kappa shape index (κ2) is 4.55. The maximum absolute atomic E-state index is 9.39. The first-order chi connectivity index (χ1) is 6.27. The van der Waals surface area contributed by atoms with Gasteiger partial charge < -0.3 is 9.84 Å². The molecular weight excluding hydrogens is 164 g/mol. The molecule has 0 fully saturated rings. The summed E-state index contributed by atoms with van der Waals surface area (Å²) in [6, 6.07) is 5.30. The third-order valence-electron chi connectivity index (χ3n) is 1.64. The van der Waals surface area contributed by atoms with Gasteiger partial charge in [-0.15, -0.1) is 0 Å². The van der Waals surface area contributed by atoms with Gasteiger partial charge in [-0.2, -0.15) is 0 Å². The van der Waals surface area contributed by atoms with Crippen LogP contribution in [0.1, 0.15) is 19.4 Å². The minimum Gasteiger partial charge on any atom is -0.504 e. The Kier molecular flexibility index (Phi) is 3.38. The number of aromatic hydroxyl groups is 1. The largest absolute Gasteiger partial charge is 0.504 e. The van der Waals surface area contributed by atoms with Gasteiger partial charge in [0.15, 0.2) is 11.5 Å². The van der Waals surface area contributed by atoms with Crippen molar-refractivity contribution in [2.24, 2.45) is 0 Å². The van der Waals surface area contributed by atoms with E-state index in [1.54, 1.807) is 6.07 Å². The van der Waals surface area contributed by atoms with Crippen molar-refractivity contribution in [1.82, 2.24) is 0 Å². The number of phenolic OH excluding ortho intramolecular Hbond substituents is 1. The van der Waals surface area contributed by atoms with Gasteiger partial charge in [0, 0.05) is 0 Å². The number of hydrogen-bond acceptors (Lipinski definition) is 2. The van der Waals surface area contributed by atoms with E-state index in [0.29, 0.717) is 12.4 Å². The van der Waals surface area contributed by atoms with Gasteiger partial charge in [0.2, 0.25) is 0 Å². The highest BCUT2D eigenvalue weighted by molar-refractivity contribution is 5.55. The van der Waals surface area contributed by atoms with Crippen molar-refractivity contribution >= 4 is 6.08 Å². The molecule has 0 aliphatic heterocycles. The van der Waals surface area contributed by atoms with Crippen LogP contribution in [0.5, 0.6) is 11.5 Å². The zero-order valence-corrected chi connectivity index (χ0v) is 7.95. The highest BCUT2D eigenvalue weighted by atomic mass is 16.5. The molecule has 13 heavy (non-hydrogen) atoms. The molecule has 2 heteroatoms. The Morgan fingerprint density at radius 2 is 2.23 bits per heavy atom. The Morgan fingerprint density at radius 3 is 2.85 bits per heavy atom. The van der Waals surface area contributed by atoms with E-state index in [1.807, 2.05) is 38.1 Å². The normalized spacial score (nSPS) is 10.6. The number of benzene rings is 1. The molecule has 0 aliphatic rings. The van der Waals surface area contributed by atoms with Crippen LogP contribution in [0.15, 0.2) is 24.3 Å². The topological polar surface area (TPSA) is 29.5 Å². The maximum Gasteiger partial charge on any atom is 0.161 e. The van der Waals surface area contributed by atoms with E-state index >= 15 is 0 Å². The van der Waals surface area contributed by atoms with Crippen molar-refractivity contribution in [3.63, 3.8) is 0 Å². The number of phenols is 1. The van der Waals surface area contributed by atoms with Crippen LogP contribution in [0.4, 0.5) is 0 Å². The van der Waals surface area contributed by atoms with E-state index in [4.69, 9.17) is 4.74 Å². The van der Waals surface area contributed by atoms with E-state index in [9.17, 15) is 5.11 Å². The van der Waals surface area contributed by atoms with Gasteiger partial charge in [0.25, 0.3) is 0 Å². The summed E-state index contributed by atoms with van der Waals surface area (Å²) in [7, 11) is 0. The lowest BCUT2D eigenvalue weighted by atomic mass is 10.2. The fraction of sp³-hybridized carbons (Fsp3) is 0.273. The molecular formula is C11H14O2. The molecule has 0 saturated carbocycles. The summed E-state index contributed by atoms with van der Waals surface area (Å²) in [6.07, 6.45) is 3.91. The lowest BCUT2D eigenvalue weighted by molar-refractivity contribution is 0.318. The van der Waals surface area contributed by atoms with Gasteiger partial charge in [0.1, 0.15) is 0 Å². The number of ether oxygens (including phenoxy) is 1. The molecule has 1 N–H and O–H groups in total. The first kappa shape index (κ1) is 9.65. The zero-order chi connectivity index (χ0) is 9.68. The second-order valence-electron chi connectivity index (χ2n) is 2.66. The fourth-order valence-electron chi connectivity index (χ4n) is 1.10. The number of rotatable bonds is 3. The Bertz CT molecular complexity index is 303. The van der Waals surface area contributed by atoms with Crippen LogP contribution in [0.2, 0.25) is 0 Å². The quantitative estimate of drug-likeness (QED) is 0.771. The summed E-state index contributed by atoms with van der Waals surface area (Å²) in [4.78, 5) is 0. The van der Waals surface area contributed by atoms with Crippen LogP contribution in [0.3, 0.4) is 0 Å². The Hall–Kier alpha value is -1.44. The second-order valence-corrected chi connectivity index (χ2v) is 2.66. The molecule has 0 bridgehead atoms. The van der Waals surface area contributed by atoms with Crippen molar-refractivity contribution in [1.29, 1.82) is 0 Å². The van der Waals surface area contributed by atoms with Gasteiger partial charge in [-0.1, -0.05) is 18.2 Å². The smallest absolute Gasteiger partial charge is 0.161 e. The summed E-state index contributed by atoms with van der Waals surface area (Å²) in [6.45, 7) is 4.40. The Balaban J connectivity index is 2.96. The molecule has 1 aromatic carbocycles. The Labute approximate surface area is 78.5 Å². The summed E-state index contributed by atoms with van der Waals surface area (Å²) >= 11 is 0. The monoisotopic (exact) mass is 178 g/mol. The minimum absolute atomic E-state index is 0.190. The predicted molar refractivity (Wildman–Crippen MR) is 54.0 cm³/mol. The lowest BCUT2D eigenvalue weighted by Gasteiger charge is -2.05. The van der Waals surface area contributed by atoms with Crippen LogP contribution >= 0.6 is 0 Å². The minimum atomic E-state index is 0.190. The summed E-state index contributed by atoms with van der Waals surface area (Å²) in [5, 5.41) is 9.39. The van der Waals surface area contributed by atoms with E-state index in [0.717, 1.165) is 5.56 Å². The van der Waals surface area contributed by atoms with Gasteiger partial charge >= 0.3 is 0 Å². The van der Waals surface area contributed by atoms with E-state index < -0.39 is 0 Å². The number of allylic oxidation sites excluding steroid dienone is 1. The molecule has 0 radical (unpaired) electrons. The Morgan fingerprint density at radius 1 is 1.46 bits per heavy atom. The van der Waals surface area contributed by atoms with Crippen molar-refractivity contribution in [2.75, 3.05) is 6.61 Å². The number of hydrogen-bond donors (Lipinski definition) is 1. The average molecular weight is 178 g/mol. The average Bonchev–Trinajstić information content (AvgIpc) is 2.12. The molecule has 0 saturated heterocycles. The summed E-state index contributed by atoms with van der Waals surface area (Å²) < 4.78 is 5.24. The van der Waals surface area contributed by atoms with E-state index in [2.05, 4.69) is 0 Å². The third-order valence-corrected chi connectivity index (χ3v) is 1.64. The molecule has 1 rings (SSSR count). The molecule has 0 aromatic heterocycles. The van der Waals surface area contributed by atoms with Crippen LogP contribution in [-0.2, 0) is 0 Å². The molecule has 70 valence electrons. The van der Waals surface area contributed by atoms with Crippen molar-refractivity contribution < 1.29 is 9.84 Å². The molecule has 0 atom stereocenters. The van der Waals surface area contributed by atoms with Crippen LogP contribution < -0.4 is 4.74 Å². The third kappa shape index (κ3) is 2.51. The van der Waals surface area contributed by atoms with Crippen molar-refractivity contribution in [3.8, 4) is 11.5 Å². The first-order valence-corrected chi connectivity index (χ1v) is 4.36. The molecule has 0 spiro atoms. The highest BCUT2D eigenvalue weighted by Gasteiger charge is 2.00. The molecule has 0 amide bonds. The highest BCUT2D eigenvalue weighted by Crippen LogP contribution is 2.27. The molecule has 1 aromatic rings. The van der Waals surface area contributed by atoms with Gasteiger partial charge in [-0.05, 0) is 31.5 Å².